The molecule has 1 amide bonds. The first-order valence-electron chi connectivity index (χ1n) is 8.54. The topological polar surface area (TPSA) is 58.4 Å². The Morgan fingerprint density at radius 3 is 2.83 bits per heavy atom. The Balaban J connectivity index is 1.60. The normalized spacial score (nSPS) is 26.2. The second-order valence-corrected chi connectivity index (χ2v) is 9.25. The summed E-state index contributed by atoms with van der Waals surface area (Å²) in [5, 5.41) is 6.68. The molecule has 2 aromatic rings. The summed E-state index contributed by atoms with van der Waals surface area (Å²) in [6.07, 6.45) is 5.18. The molecular weight excluding hydrogens is 367 g/mol. The predicted octanol–water partition coefficient (Wildman–Crippen LogP) is 0.919. The summed E-state index contributed by atoms with van der Waals surface area (Å²) in [6, 6.07) is 4.23. The molecule has 4 rings (SSSR count). The summed E-state index contributed by atoms with van der Waals surface area (Å²) in [6.45, 7) is 6.05. The molecule has 0 radical (unpaired) electrons. The van der Waals surface area contributed by atoms with Crippen molar-refractivity contribution in [2.45, 2.75) is 31.6 Å². The molecule has 24 heavy (non-hydrogen) atoms. The first kappa shape index (κ1) is 16.1. The third kappa shape index (κ3) is 2.48. The summed E-state index contributed by atoms with van der Waals surface area (Å²) in [7, 11) is 0. The molecule has 2 atom stereocenters. The first-order valence-corrected chi connectivity index (χ1v) is 11.1. The third-order valence-electron chi connectivity index (χ3n) is 5.48. The van der Waals surface area contributed by atoms with Crippen LogP contribution in [0.4, 0.5) is 0 Å². The van der Waals surface area contributed by atoms with E-state index >= 15 is 0 Å². The van der Waals surface area contributed by atoms with Gasteiger partial charge in [-0.05, 0) is 0 Å². The number of pyridine rings is 1. The standard InChI is InChI=1S/C18H24N4OSe/c1-18(2,21-16(23)15-11-7-12(15)9-19-8-11)17-20-10-13-14(24-3)5-4-6-22(13)17/h4-6,10-12,15,19H,7-9H2,1-3H3,(H,21,23). The number of fused-ring (bicyclic) bond motifs is 3. The number of imidazole rings is 1. The van der Waals surface area contributed by atoms with E-state index in [1.807, 2.05) is 12.4 Å². The average molecular weight is 391 g/mol. The predicted molar refractivity (Wildman–Crippen MR) is 95.6 cm³/mol. The Labute approximate surface area is 148 Å². The van der Waals surface area contributed by atoms with Gasteiger partial charge in [0.1, 0.15) is 0 Å². The zero-order valence-corrected chi connectivity index (χ0v) is 16.1. The maximum absolute atomic E-state index is 12.8. The van der Waals surface area contributed by atoms with E-state index in [0.29, 0.717) is 26.8 Å². The van der Waals surface area contributed by atoms with Gasteiger partial charge in [-0.25, -0.2) is 0 Å². The number of nitrogens with zero attached hydrogens (tertiary/aromatic N) is 2. The van der Waals surface area contributed by atoms with Crippen LogP contribution < -0.4 is 15.1 Å². The fourth-order valence-electron chi connectivity index (χ4n) is 4.25. The number of rotatable bonds is 4. The molecule has 1 aliphatic carbocycles. The van der Waals surface area contributed by atoms with Crippen LogP contribution in [0.15, 0.2) is 24.5 Å². The summed E-state index contributed by atoms with van der Waals surface area (Å²) < 4.78 is 3.47. The van der Waals surface area contributed by atoms with E-state index in [2.05, 4.69) is 51.8 Å². The second-order valence-electron chi connectivity index (χ2n) is 7.47. The van der Waals surface area contributed by atoms with Crippen molar-refractivity contribution in [2.75, 3.05) is 13.1 Å². The molecule has 0 spiro atoms. The molecule has 1 saturated carbocycles. The van der Waals surface area contributed by atoms with Crippen LogP contribution in [-0.2, 0) is 10.3 Å². The Kier molecular flexibility index (Phi) is 3.94. The number of hydrogen-bond acceptors (Lipinski definition) is 3. The van der Waals surface area contributed by atoms with E-state index in [0.717, 1.165) is 24.4 Å². The molecule has 2 aliphatic rings. The van der Waals surface area contributed by atoms with Gasteiger partial charge in [0.2, 0.25) is 0 Å². The van der Waals surface area contributed by atoms with Crippen LogP contribution in [0.3, 0.4) is 0 Å². The van der Waals surface area contributed by atoms with Gasteiger partial charge in [-0.1, -0.05) is 0 Å². The van der Waals surface area contributed by atoms with Crippen LogP contribution >= 0.6 is 0 Å². The number of carbonyl (C=O) groups is 1. The van der Waals surface area contributed by atoms with Crippen molar-refractivity contribution in [3.63, 3.8) is 0 Å². The molecule has 1 aliphatic heterocycles. The summed E-state index contributed by atoms with van der Waals surface area (Å²) in [4.78, 5) is 17.5. The molecule has 128 valence electrons. The van der Waals surface area contributed by atoms with E-state index in [1.54, 1.807) is 0 Å². The molecule has 2 aromatic heterocycles. The number of hydrogen-bond donors (Lipinski definition) is 2. The number of piperidine rings is 2. The molecule has 2 bridgehead atoms. The van der Waals surface area contributed by atoms with Crippen LogP contribution in [0, 0.1) is 17.8 Å². The van der Waals surface area contributed by atoms with E-state index < -0.39 is 5.54 Å². The van der Waals surface area contributed by atoms with Gasteiger partial charge in [0.15, 0.2) is 0 Å². The molecule has 6 heteroatoms. The summed E-state index contributed by atoms with van der Waals surface area (Å²) in [5.74, 6) is 4.49. The Morgan fingerprint density at radius 1 is 1.42 bits per heavy atom. The van der Waals surface area contributed by atoms with Gasteiger partial charge in [-0.2, -0.15) is 0 Å². The molecule has 2 fully saturated rings. The van der Waals surface area contributed by atoms with Crippen LogP contribution in [0.1, 0.15) is 26.1 Å². The molecular formula is C18H24N4OSe. The average Bonchev–Trinajstić information content (AvgIpc) is 2.99. The van der Waals surface area contributed by atoms with Crippen molar-refractivity contribution in [3.05, 3.63) is 30.4 Å². The molecule has 3 heterocycles. The summed E-state index contributed by atoms with van der Waals surface area (Å²) in [5.41, 5.74) is 0.669. The number of nitrogens with one attached hydrogen (secondary N) is 2. The second kappa shape index (κ2) is 5.87. The number of aromatic nitrogens is 2. The minimum absolute atomic E-state index is 0.172. The third-order valence-corrected chi connectivity index (χ3v) is 7.13. The quantitative estimate of drug-likeness (QED) is 0.763. The van der Waals surface area contributed by atoms with Crippen molar-refractivity contribution in [2.24, 2.45) is 17.8 Å². The molecule has 2 unspecified atom stereocenters. The molecule has 1 saturated heterocycles. The molecule has 5 nitrogen and oxygen atoms in total. The molecule has 2 N–H and O–H groups in total. The van der Waals surface area contributed by atoms with E-state index in [-0.39, 0.29) is 11.8 Å². The molecule has 0 aromatic carbocycles. The zero-order chi connectivity index (χ0) is 16.9. The number of carbonyl (C=O) groups excluding carboxylic acids is 1. The van der Waals surface area contributed by atoms with Gasteiger partial charge >= 0.3 is 148 Å². The van der Waals surface area contributed by atoms with Gasteiger partial charge in [0, 0.05) is 0 Å². The van der Waals surface area contributed by atoms with E-state index in [9.17, 15) is 4.79 Å². The zero-order valence-electron chi connectivity index (χ0n) is 14.4. The van der Waals surface area contributed by atoms with E-state index in [4.69, 9.17) is 0 Å². The van der Waals surface area contributed by atoms with Gasteiger partial charge in [-0.3, -0.25) is 0 Å². The van der Waals surface area contributed by atoms with Gasteiger partial charge < -0.3 is 0 Å². The fourth-order valence-corrected chi connectivity index (χ4v) is 5.46. The van der Waals surface area contributed by atoms with Gasteiger partial charge in [-0.15, -0.1) is 0 Å². The van der Waals surface area contributed by atoms with Crippen molar-refractivity contribution in [1.82, 2.24) is 20.0 Å². The van der Waals surface area contributed by atoms with Crippen molar-refractivity contribution < 1.29 is 4.79 Å². The first-order chi connectivity index (χ1) is 11.5. The SMILES string of the molecule is C[Se]c1cccn2c(C(C)(C)NC(=O)C3C4CNCC3C4)ncc12. The van der Waals surface area contributed by atoms with Gasteiger partial charge in [0.05, 0.1) is 0 Å². The van der Waals surface area contributed by atoms with Crippen LogP contribution in [0.2, 0.25) is 5.82 Å². The van der Waals surface area contributed by atoms with Crippen molar-refractivity contribution in [3.8, 4) is 0 Å². The Hall–Kier alpha value is -1.36. The van der Waals surface area contributed by atoms with Crippen LogP contribution in [0.25, 0.3) is 5.52 Å². The van der Waals surface area contributed by atoms with E-state index in [1.165, 1.54) is 10.9 Å². The fraction of sp³-hybridized carbons (Fsp3) is 0.556. The summed E-state index contributed by atoms with van der Waals surface area (Å²) >= 11 is 0.420. The van der Waals surface area contributed by atoms with Crippen LogP contribution in [0.5, 0.6) is 0 Å². The monoisotopic (exact) mass is 392 g/mol. The Morgan fingerprint density at radius 2 is 2.17 bits per heavy atom. The van der Waals surface area contributed by atoms with Gasteiger partial charge in [0.25, 0.3) is 0 Å². The van der Waals surface area contributed by atoms with Crippen LogP contribution in [-0.4, -0.2) is 43.3 Å². The minimum atomic E-state index is -0.486. The number of amides is 1. The van der Waals surface area contributed by atoms with Crippen molar-refractivity contribution in [1.29, 1.82) is 0 Å². The van der Waals surface area contributed by atoms with Crippen molar-refractivity contribution >= 4 is 30.8 Å². The maximum atomic E-state index is 12.8. The Bertz CT molecular complexity index is 770.